The minimum Gasteiger partial charge on any atom is -0.493 e. The lowest BCUT2D eigenvalue weighted by Crippen LogP contribution is -2.12. The standard InChI is InChI=1S/C19H25NO3/c1-4-20-14-16-8-9-18(19(13-16)21-3)23-11-10-22-17-7-5-6-15(2)12-17/h5-9,12-13,20H,4,10-11,14H2,1-3H3. The summed E-state index contributed by atoms with van der Waals surface area (Å²) in [5.41, 5.74) is 2.36. The Bertz CT molecular complexity index is 613. The van der Waals surface area contributed by atoms with Crippen LogP contribution in [0.1, 0.15) is 18.1 Å². The van der Waals surface area contributed by atoms with Gasteiger partial charge in [0, 0.05) is 6.54 Å². The third kappa shape index (κ3) is 5.49. The van der Waals surface area contributed by atoms with Crippen LogP contribution in [-0.4, -0.2) is 26.9 Å². The number of ether oxygens (including phenoxy) is 3. The van der Waals surface area contributed by atoms with Crippen molar-refractivity contribution in [1.29, 1.82) is 0 Å². The summed E-state index contributed by atoms with van der Waals surface area (Å²) in [6.45, 7) is 6.86. The molecule has 0 heterocycles. The van der Waals surface area contributed by atoms with Gasteiger partial charge in [0.05, 0.1) is 7.11 Å². The summed E-state index contributed by atoms with van der Waals surface area (Å²) in [5, 5.41) is 3.29. The number of benzene rings is 2. The predicted molar refractivity (Wildman–Crippen MR) is 92.5 cm³/mol. The van der Waals surface area contributed by atoms with E-state index in [4.69, 9.17) is 14.2 Å². The normalized spacial score (nSPS) is 10.4. The van der Waals surface area contributed by atoms with Gasteiger partial charge < -0.3 is 19.5 Å². The molecule has 0 aromatic heterocycles. The first-order valence-electron chi connectivity index (χ1n) is 7.93. The summed E-state index contributed by atoms with van der Waals surface area (Å²) in [6.07, 6.45) is 0. The third-order valence-electron chi connectivity index (χ3n) is 3.41. The molecule has 2 rings (SSSR count). The van der Waals surface area contributed by atoms with E-state index >= 15 is 0 Å². The Kier molecular flexibility index (Phi) is 6.76. The number of nitrogens with one attached hydrogen (secondary N) is 1. The molecule has 0 radical (unpaired) electrons. The number of aryl methyl sites for hydroxylation is 1. The van der Waals surface area contributed by atoms with Gasteiger partial charge in [-0.3, -0.25) is 0 Å². The van der Waals surface area contributed by atoms with E-state index in [2.05, 4.69) is 12.2 Å². The Morgan fingerprint density at radius 1 is 0.957 bits per heavy atom. The van der Waals surface area contributed by atoms with Gasteiger partial charge in [-0.05, 0) is 48.9 Å². The summed E-state index contributed by atoms with van der Waals surface area (Å²) >= 11 is 0. The van der Waals surface area contributed by atoms with Crippen LogP contribution in [0.4, 0.5) is 0 Å². The molecule has 0 aliphatic rings. The molecule has 2 aromatic rings. The second kappa shape index (κ2) is 9.06. The molecule has 4 heteroatoms. The highest BCUT2D eigenvalue weighted by molar-refractivity contribution is 5.43. The summed E-state index contributed by atoms with van der Waals surface area (Å²) < 4.78 is 16.9. The Hall–Kier alpha value is -2.20. The molecule has 0 aliphatic carbocycles. The van der Waals surface area contributed by atoms with E-state index in [0.717, 1.165) is 30.3 Å². The molecule has 0 saturated carbocycles. The third-order valence-corrected chi connectivity index (χ3v) is 3.41. The topological polar surface area (TPSA) is 39.7 Å². The molecule has 0 amide bonds. The number of rotatable bonds is 9. The van der Waals surface area contributed by atoms with Gasteiger partial charge in [0.2, 0.25) is 0 Å². The molecule has 0 bridgehead atoms. The fraction of sp³-hybridized carbons (Fsp3) is 0.368. The molecule has 0 unspecified atom stereocenters. The summed E-state index contributed by atoms with van der Waals surface area (Å²) in [6, 6.07) is 14.0. The number of methoxy groups -OCH3 is 1. The summed E-state index contributed by atoms with van der Waals surface area (Å²) in [5.74, 6) is 2.35. The second-order valence-corrected chi connectivity index (χ2v) is 5.28. The molecule has 23 heavy (non-hydrogen) atoms. The highest BCUT2D eigenvalue weighted by Crippen LogP contribution is 2.28. The quantitative estimate of drug-likeness (QED) is 0.718. The van der Waals surface area contributed by atoms with Crippen molar-refractivity contribution in [3.8, 4) is 17.2 Å². The zero-order valence-electron chi connectivity index (χ0n) is 14.1. The lowest BCUT2D eigenvalue weighted by Gasteiger charge is -2.13. The van der Waals surface area contributed by atoms with Crippen LogP contribution < -0.4 is 19.5 Å². The molecular weight excluding hydrogens is 290 g/mol. The summed E-state index contributed by atoms with van der Waals surface area (Å²) in [7, 11) is 1.66. The van der Waals surface area contributed by atoms with Crippen molar-refractivity contribution in [3.63, 3.8) is 0 Å². The summed E-state index contributed by atoms with van der Waals surface area (Å²) in [4.78, 5) is 0. The lowest BCUT2D eigenvalue weighted by atomic mass is 10.2. The van der Waals surface area contributed by atoms with Gasteiger partial charge in [-0.25, -0.2) is 0 Å². The van der Waals surface area contributed by atoms with E-state index in [0.29, 0.717) is 13.2 Å². The molecule has 124 valence electrons. The minimum absolute atomic E-state index is 0.469. The highest BCUT2D eigenvalue weighted by atomic mass is 16.5. The highest BCUT2D eigenvalue weighted by Gasteiger charge is 2.06. The average molecular weight is 315 g/mol. The van der Waals surface area contributed by atoms with Gasteiger partial charge in [0.1, 0.15) is 19.0 Å². The number of hydrogen-bond acceptors (Lipinski definition) is 4. The van der Waals surface area contributed by atoms with Crippen LogP contribution in [-0.2, 0) is 6.54 Å². The van der Waals surface area contributed by atoms with E-state index in [9.17, 15) is 0 Å². The van der Waals surface area contributed by atoms with E-state index in [1.54, 1.807) is 7.11 Å². The van der Waals surface area contributed by atoms with E-state index < -0.39 is 0 Å². The minimum atomic E-state index is 0.469. The van der Waals surface area contributed by atoms with Gasteiger partial charge in [0.15, 0.2) is 11.5 Å². The van der Waals surface area contributed by atoms with Crippen molar-refractivity contribution in [2.45, 2.75) is 20.4 Å². The lowest BCUT2D eigenvalue weighted by molar-refractivity contribution is 0.211. The Balaban J connectivity index is 1.85. The Labute approximate surface area is 138 Å². The van der Waals surface area contributed by atoms with Crippen molar-refractivity contribution in [2.24, 2.45) is 0 Å². The van der Waals surface area contributed by atoms with Crippen LogP contribution in [0.15, 0.2) is 42.5 Å². The molecule has 2 aromatic carbocycles. The van der Waals surface area contributed by atoms with Crippen LogP contribution in [0, 0.1) is 6.92 Å². The van der Waals surface area contributed by atoms with Crippen molar-refractivity contribution < 1.29 is 14.2 Å². The number of hydrogen-bond donors (Lipinski definition) is 1. The fourth-order valence-corrected chi connectivity index (χ4v) is 2.23. The van der Waals surface area contributed by atoms with E-state index in [-0.39, 0.29) is 0 Å². The molecule has 1 N–H and O–H groups in total. The monoisotopic (exact) mass is 315 g/mol. The molecule has 4 nitrogen and oxygen atoms in total. The average Bonchev–Trinajstić information content (AvgIpc) is 2.57. The molecule has 0 saturated heterocycles. The van der Waals surface area contributed by atoms with Gasteiger partial charge in [-0.1, -0.05) is 25.1 Å². The van der Waals surface area contributed by atoms with E-state index in [1.807, 2.05) is 49.4 Å². The first-order chi connectivity index (χ1) is 11.2. The van der Waals surface area contributed by atoms with Crippen LogP contribution in [0.5, 0.6) is 17.2 Å². The van der Waals surface area contributed by atoms with Crippen molar-refractivity contribution in [2.75, 3.05) is 26.9 Å². The smallest absolute Gasteiger partial charge is 0.161 e. The largest absolute Gasteiger partial charge is 0.493 e. The maximum atomic E-state index is 5.77. The van der Waals surface area contributed by atoms with Crippen molar-refractivity contribution in [1.82, 2.24) is 5.32 Å². The predicted octanol–water partition coefficient (Wildman–Crippen LogP) is 3.57. The van der Waals surface area contributed by atoms with Gasteiger partial charge >= 0.3 is 0 Å². The van der Waals surface area contributed by atoms with Crippen LogP contribution >= 0.6 is 0 Å². The zero-order chi connectivity index (χ0) is 16.5. The zero-order valence-corrected chi connectivity index (χ0v) is 14.1. The van der Waals surface area contributed by atoms with Crippen molar-refractivity contribution >= 4 is 0 Å². The van der Waals surface area contributed by atoms with Gasteiger partial charge in [-0.2, -0.15) is 0 Å². The molecular formula is C19H25NO3. The fourth-order valence-electron chi connectivity index (χ4n) is 2.23. The van der Waals surface area contributed by atoms with Crippen LogP contribution in [0.2, 0.25) is 0 Å². The maximum Gasteiger partial charge on any atom is 0.161 e. The van der Waals surface area contributed by atoms with Gasteiger partial charge in [-0.15, -0.1) is 0 Å². The maximum absolute atomic E-state index is 5.77. The Morgan fingerprint density at radius 3 is 2.52 bits per heavy atom. The van der Waals surface area contributed by atoms with Crippen LogP contribution in [0.3, 0.4) is 0 Å². The first kappa shape index (κ1) is 17.2. The molecule has 0 fully saturated rings. The molecule has 0 aliphatic heterocycles. The van der Waals surface area contributed by atoms with E-state index in [1.165, 1.54) is 11.1 Å². The molecule has 0 spiro atoms. The molecule has 0 atom stereocenters. The van der Waals surface area contributed by atoms with Gasteiger partial charge in [0.25, 0.3) is 0 Å². The van der Waals surface area contributed by atoms with Crippen molar-refractivity contribution in [3.05, 3.63) is 53.6 Å². The Morgan fingerprint density at radius 2 is 1.78 bits per heavy atom. The second-order valence-electron chi connectivity index (χ2n) is 5.28. The van der Waals surface area contributed by atoms with Crippen LogP contribution in [0.25, 0.3) is 0 Å². The first-order valence-corrected chi connectivity index (χ1v) is 7.93. The SMILES string of the molecule is CCNCc1ccc(OCCOc2cccc(C)c2)c(OC)c1.